The molecule has 2 nitrogen and oxygen atoms in total. The van der Waals surface area contributed by atoms with Crippen molar-refractivity contribution in [2.75, 3.05) is 12.4 Å². The molecule has 20 heavy (non-hydrogen) atoms. The quantitative estimate of drug-likeness (QED) is 0.886. The van der Waals surface area contributed by atoms with Crippen LogP contribution in [0.1, 0.15) is 28.7 Å². The van der Waals surface area contributed by atoms with Gasteiger partial charge in [0.05, 0.1) is 6.61 Å². The van der Waals surface area contributed by atoms with Gasteiger partial charge in [0.15, 0.2) is 0 Å². The highest BCUT2D eigenvalue weighted by Crippen LogP contribution is 2.23. The van der Waals surface area contributed by atoms with Gasteiger partial charge in [-0.05, 0) is 42.0 Å². The maximum atomic E-state index is 5.24. The summed E-state index contributed by atoms with van der Waals surface area (Å²) >= 11 is 0. The Labute approximate surface area is 120 Å². The van der Waals surface area contributed by atoms with E-state index in [0.717, 1.165) is 12.2 Å². The highest BCUT2D eigenvalue weighted by molar-refractivity contribution is 5.51. The van der Waals surface area contributed by atoms with E-state index in [4.69, 9.17) is 4.74 Å². The molecule has 2 heteroatoms. The summed E-state index contributed by atoms with van der Waals surface area (Å²) in [4.78, 5) is 0. The summed E-state index contributed by atoms with van der Waals surface area (Å²) in [6.45, 7) is 1.52. The van der Waals surface area contributed by atoms with E-state index in [9.17, 15) is 0 Å². The number of hydrogen-bond acceptors (Lipinski definition) is 2. The second kappa shape index (κ2) is 6.10. The third-order valence-corrected chi connectivity index (χ3v) is 3.96. The van der Waals surface area contributed by atoms with Crippen LogP contribution in [0, 0.1) is 0 Å². The van der Waals surface area contributed by atoms with Gasteiger partial charge in [0, 0.05) is 24.9 Å². The van der Waals surface area contributed by atoms with Gasteiger partial charge in [0.2, 0.25) is 0 Å². The molecule has 0 unspecified atom stereocenters. The van der Waals surface area contributed by atoms with Crippen LogP contribution in [0.25, 0.3) is 0 Å². The summed E-state index contributed by atoms with van der Waals surface area (Å²) in [5.41, 5.74) is 6.80. The smallest absolute Gasteiger partial charge is 0.0733 e. The largest absolute Gasteiger partial charge is 0.381 e. The van der Waals surface area contributed by atoms with Gasteiger partial charge in [-0.2, -0.15) is 0 Å². The number of fused-ring (bicyclic) bond motifs is 1. The first-order valence-electron chi connectivity index (χ1n) is 7.28. The van der Waals surface area contributed by atoms with Crippen LogP contribution >= 0.6 is 0 Å². The van der Waals surface area contributed by atoms with E-state index in [2.05, 4.69) is 47.8 Å². The van der Waals surface area contributed by atoms with Crippen LogP contribution in [0.5, 0.6) is 0 Å². The van der Waals surface area contributed by atoms with Crippen LogP contribution < -0.4 is 5.32 Å². The van der Waals surface area contributed by atoms with Gasteiger partial charge in [-0.25, -0.2) is 0 Å². The van der Waals surface area contributed by atoms with Crippen LogP contribution in [-0.4, -0.2) is 7.11 Å². The van der Waals surface area contributed by atoms with E-state index >= 15 is 0 Å². The molecule has 0 fully saturated rings. The fourth-order valence-electron chi connectivity index (χ4n) is 2.91. The van der Waals surface area contributed by atoms with Crippen molar-refractivity contribution in [3.8, 4) is 0 Å². The van der Waals surface area contributed by atoms with Crippen molar-refractivity contribution in [2.45, 2.75) is 32.4 Å². The zero-order valence-corrected chi connectivity index (χ0v) is 12.0. The summed E-state index contributed by atoms with van der Waals surface area (Å²) in [7, 11) is 1.73. The summed E-state index contributed by atoms with van der Waals surface area (Å²) in [6.07, 6.45) is 3.80. The number of para-hydroxylation sites is 1. The molecule has 0 bridgehead atoms. The van der Waals surface area contributed by atoms with E-state index in [1.165, 1.54) is 41.5 Å². The van der Waals surface area contributed by atoms with Gasteiger partial charge in [0.25, 0.3) is 0 Å². The summed E-state index contributed by atoms with van der Waals surface area (Å²) < 4.78 is 5.24. The Morgan fingerprint density at radius 1 is 1.05 bits per heavy atom. The number of hydrogen-bond donors (Lipinski definition) is 1. The first-order chi connectivity index (χ1) is 9.86. The average Bonchev–Trinajstić information content (AvgIpc) is 2.94. The Morgan fingerprint density at radius 2 is 1.90 bits per heavy atom. The zero-order valence-electron chi connectivity index (χ0n) is 12.0. The van der Waals surface area contributed by atoms with Crippen LogP contribution in [-0.2, 0) is 30.7 Å². The zero-order chi connectivity index (χ0) is 13.8. The predicted octanol–water partition coefficient (Wildman–Crippen LogP) is 3.93. The van der Waals surface area contributed by atoms with Gasteiger partial charge in [0.1, 0.15) is 0 Å². The fourth-order valence-corrected chi connectivity index (χ4v) is 2.91. The van der Waals surface area contributed by atoms with Crippen molar-refractivity contribution < 1.29 is 4.74 Å². The molecule has 1 N–H and O–H groups in total. The molecule has 0 heterocycles. The van der Waals surface area contributed by atoms with Crippen molar-refractivity contribution in [1.82, 2.24) is 0 Å². The third-order valence-electron chi connectivity index (χ3n) is 3.96. The molecule has 3 rings (SSSR count). The first kappa shape index (κ1) is 13.2. The Morgan fingerprint density at radius 3 is 2.80 bits per heavy atom. The number of ether oxygens (including phenoxy) is 1. The third kappa shape index (κ3) is 2.86. The Kier molecular flexibility index (Phi) is 4.03. The van der Waals surface area contributed by atoms with Crippen LogP contribution in [0.4, 0.5) is 5.69 Å². The van der Waals surface area contributed by atoms with Crippen molar-refractivity contribution in [3.05, 3.63) is 64.7 Å². The van der Waals surface area contributed by atoms with Gasteiger partial charge in [-0.15, -0.1) is 0 Å². The van der Waals surface area contributed by atoms with E-state index < -0.39 is 0 Å². The van der Waals surface area contributed by atoms with Crippen LogP contribution in [0.3, 0.4) is 0 Å². The summed E-state index contributed by atoms with van der Waals surface area (Å²) in [6, 6.07) is 15.2. The maximum Gasteiger partial charge on any atom is 0.0733 e. The molecule has 2 aromatic carbocycles. The second-order valence-corrected chi connectivity index (χ2v) is 5.40. The number of anilines is 1. The van der Waals surface area contributed by atoms with Crippen molar-refractivity contribution in [3.63, 3.8) is 0 Å². The minimum atomic E-state index is 0.646. The van der Waals surface area contributed by atoms with E-state index in [0.29, 0.717) is 6.61 Å². The van der Waals surface area contributed by atoms with Gasteiger partial charge in [-0.3, -0.25) is 0 Å². The molecule has 1 aliphatic rings. The van der Waals surface area contributed by atoms with Crippen LogP contribution in [0.15, 0.2) is 42.5 Å². The molecule has 0 atom stereocenters. The lowest BCUT2D eigenvalue weighted by Gasteiger charge is -2.12. The standard InChI is InChI=1S/C18H21NO/c1-20-13-17-5-2-3-8-18(17)19-12-14-9-10-15-6-4-7-16(15)11-14/h2-3,5,8-11,19H,4,6-7,12-13H2,1H3. The maximum absolute atomic E-state index is 5.24. The number of methoxy groups -OCH3 is 1. The monoisotopic (exact) mass is 267 g/mol. The predicted molar refractivity (Wildman–Crippen MR) is 82.9 cm³/mol. The Balaban J connectivity index is 1.70. The SMILES string of the molecule is COCc1ccccc1NCc1ccc2c(c1)CCC2. The topological polar surface area (TPSA) is 21.3 Å². The van der Waals surface area contributed by atoms with Gasteiger partial charge >= 0.3 is 0 Å². The van der Waals surface area contributed by atoms with Crippen molar-refractivity contribution >= 4 is 5.69 Å². The van der Waals surface area contributed by atoms with E-state index in [1.807, 2.05) is 0 Å². The van der Waals surface area contributed by atoms with E-state index in [1.54, 1.807) is 7.11 Å². The Hall–Kier alpha value is -1.80. The number of rotatable bonds is 5. The molecule has 0 saturated heterocycles. The minimum absolute atomic E-state index is 0.646. The van der Waals surface area contributed by atoms with Gasteiger partial charge in [-0.1, -0.05) is 36.4 Å². The average molecular weight is 267 g/mol. The van der Waals surface area contributed by atoms with Crippen LogP contribution in [0.2, 0.25) is 0 Å². The number of benzene rings is 2. The molecule has 1 aliphatic carbocycles. The minimum Gasteiger partial charge on any atom is -0.381 e. The first-order valence-corrected chi connectivity index (χ1v) is 7.28. The molecule has 0 amide bonds. The normalized spacial score (nSPS) is 13.2. The lowest BCUT2D eigenvalue weighted by Crippen LogP contribution is -2.03. The number of aryl methyl sites for hydroxylation is 2. The molecule has 2 aromatic rings. The molecule has 0 aliphatic heterocycles. The lowest BCUT2D eigenvalue weighted by atomic mass is 10.1. The molecular formula is C18H21NO. The summed E-state index contributed by atoms with van der Waals surface area (Å²) in [5, 5.41) is 3.53. The van der Waals surface area contributed by atoms with Gasteiger partial charge < -0.3 is 10.1 Å². The highest BCUT2D eigenvalue weighted by Gasteiger charge is 2.10. The number of nitrogens with one attached hydrogen (secondary N) is 1. The molecule has 0 aromatic heterocycles. The molecule has 0 saturated carbocycles. The van der Waals surface area contributed by atoms with Crippen molar-refractivity contribution in [1.29, 1.82) is 0 Å². The van der Waals surface area contributed by atoms with E-state index in [-0.39, 0.29) is 0 Å². The Bertz CT molecular complexity index is 592. The lowest BCUT2D eigenvalue weighted by molar-refractivity contribution is 0.185. The fraction of sp³-hybridized carbons (Fsp3) is 0.333. The highest BCUT2D eigenvalue weighted by atomic mass is 16.5. The summed E-state index contributed by atoms with van der Waals surface area (Å²) in [5.74, 6) is 0. The molecular weight excluding hydrogens is 246 g/mol. The molecule has 104 valence electrons. The molecule has 0 spiro atoms. The van der Waals surface area contributed by atoms with Crippen molar-refractivity contribution in [2.24, 2.45) is 0 Å². The molecule has 0 radical (unpaired) electrons. The second-order valence-electron chi connectivity index (χ2n) is 5.40.